The Bertz CT molecular complexity index is 600. The molecule has 0 fully saturated rings. The standard InChI is InChI=1S/C12H11ClN4O/c1-7-6-8(13)2-3-10(7)18-12-16-5-4-9(17-12)11(14)15/h2-6H,1H3,(H3,14,15). The van der Waals surface area contributed by atoms with Crippen LogP contribution in [0.1, 0.15) is 11.3 Å². The van der Waals surface area contributed by atoms with E-state index in [0.29, 0.717) is 16.5 Å². The highest BCUT2D eigenvalue weighted by Gasteiger charge is 2.06. The number of nitrogen functional groups attached to an aromatic ring is 1. The van der Waals surface area contributed by atoms with Gasteiger partial charge in [0, 0.05) is 11.2 Å². The van der Waals surface area contributed by atoms with Gasteiger partial charge in [0.1, 0.15) is 17.3 Å². The Morgan fingerprint density at radius 1 is 1.39 bits per heavy atom. The quantitative estimate of drug-likeness (QED) is 0.657. The molecule has 3 N–H and O–H groups in total. The molecule has 0 aliphatic carbocycles. The van der Waals surface area contributed by atoms with E-state index in [9.17, 15) is 0 Å². The van der Waals surface area contributed by atoms with Gasteiger partial charge >= 0.3 is 6.01 Å². The molecule has 5 nitrogen and oxygen atoms in total. The number of ether oxygens (including phenoxy) is 1. The predicted molar refractivity (Wildman–Crippen MR) is 69.3 cm³/mol. The molecule has 0 unspecified atom stereocenters. The highest BCUT2D eigenvalue weighted by atomic mass is 35.5. The molecule has 1 aromatic carbocycles. The summed E-state index contributed by atoms with van der Waals surface area (Å²) in [6.07, 6.45) is 1.49. The van der Waals surface area contributed by atoms with Gasteiger partial charge in [-0.15, -0.1) is 0 Å². The second-order valence-corrected chi connectivity index (χ2v) is 4.09. The minimum Gasteiger partial charge on any atom is -0.424 e. The number of nitrogens with zero attached hydrogens (tertiary/aromatic N) is 2. The number of hydrogen-bond acceptors (Lipinski definition) is 4. The van der Waals surface area contributed by atoms with Gasteiger partial charge in [-0.3, -0.25) is 5.41 Å². The van der Waals surface area contributed by atoms with Gasteiger partial charge in [-0.2, -0.15) is 4.98 Å². The Labute approximate surface area is 109 Å². The van der Waals surface area contributed by atoms with E-state index in [0.717, 1.165) is 5.56 Å². The number of nitrogens with one attached hydrogen (secondary N) is 1. The molecule has 6 heteroatoms. The molecule has 92 valence electrons. The van der Waals surface area contributed by atoms with Crippen LogP contribution >= 0.6 is 11.6 Å². The molecule has 0 saturated heterocycles. The number of rotatable bonds is 3. The van der Waals surface area contributed by atoms with Gasteiger partial charge in [0.15, 0.2) is 0 Å². The molecule has 0 saturated carbocycles. The molecular formula is C12H11ClN4O. The lowest BCUT2D eigenvalue weighted by Gasteiger charge is -2.07. The van der Waals surface area contributed by atoms with E-state index in [2.05, 4.69) is 9.97 Å². The van der Waals surface area contributed by atoms with E-state index < -0.39 is 0 Å². The van der Waals surface area contributed by atoms with Crippen LogP contribution < -0.4 is 10.5 Å². The monoisotopic (exact) mass is 262 g/mol. The minimum atomic E-state index is -0.130. The summed E-state index contributed by atoms with van der Waals surface area (Å²) in [5.74, 6) is 0.482. The van der Waals surface area contributed by atoms with Gasteiger partial charge in [-0.1, -0.05) is 11.6 Å². The Morgan fingerprint density at radius 3 is 2.83 bits per heavy atom. The van der Waals surface area contributed by atoms with Gasteiger partial charge in [0.05, 0.1) is 0 Å². The first kappa shape index (κ1) is 12.3. The molecule has 0 radical (unpaired) electrons. The van der Waals surface area contributed by atoms with Crippen molar-refractivity contribution < 1.29 is 4.74 Å². The number of hydrogen-bond donors (Lipinski definition) is 2. The van der Waals surface area contributed by atoms with Crippen LogP contribution in [0.15, 0.2) is 30.5 Å². The van der Waals surface area contributed by atoms with Gasteiger partial charge < -0.3 is 10.5 Å². The SMILES string of the molecule is Cc1cc(Cl)ccc1Oc1nccc(C(=N)N)n1. The summed E-state index contributed by atoms with van der Waals surface area (Å²) in [5, 5.41) is 7.93. The van der Waals surface area contributed by atoms with Crippen molar-refractivity contribution in [1.29, 1.82) is 5.41 Å². The third kappa shape index (κ3) is 2.75. The summed E-state index contributed by atoms with van der Waals surface area (Å²) in [4.78, 5) is 7.98. The van der Waals surface area contributed by atoms with Crippen LogP contribution in [-0.2, 0) is 0 Å². The Hall–Kier alpha value is -2.14. The first-order chi connectivity index (χ1) is 8.56. The highest BCUT2D eigenvalue weighted by Crippen LogP contribution is 2.25. The number of amidine groups is 1. The first-order valence-corrected chi connectivity index (χ1v) is 5.55. The lowest BCUT2D eigenvalue weighted by molar-refractivity contribution is 0.438. The van der Waals surface area contributed by atoms with E-state index in [1.54, 1.807) is 24.3 Å². The zero-order chi connectivity index (χ0) is 13.1. The number of halogens is 1. The first-order valence-electron chi connectivity index (χ1n) is 5.17. The molecule has 0 bridgehead atoms. The summed E-state index contributed by atoms with van der Waals surface area (Å²) in [6.45, 7) is 1.87. The van der Waals surface area contributed by atoms with Crippen LogP contribution in [0.4, 0.5) is 0 Å². The van der Waals surface area contributed by atoms with Crippen LogP contribution in [0.25, 0.3) is 0 Å². The molecule has 0 aliphatic rings. The average molecular weight is 263 g/mol. The van der Waals surface area contributed by atoms with E-state index in [4.69, 9.17) is 27.5 Å². The van der Waals surface area contributed by atoms with E-state index >= 15 is 0 Å². The Balaban J connectivity index is 2.28. The van der Waals surface area contributed by atoms with Crippen LogP contribution in [0.2, 0.25) is 5.02 Å². The zero-order valence-corrected chi connectivity index (χ0v) is 10.4. The lowest BCUT2D eigenvalue weighted by Crippen LogP contribution is -2.13. The lowest BCUT2D eigenvalue weighted by atomic mass is 10.2. The van der Waals surface area contributed by atoms with Crippen molar-refractivity contribution in [1.82, 2.24) is 9.97 Å². The molecule has 0 atom stereocenters. The van der Waals surface area contributed by atoms with Crippen molar-refractivity contribution in [3.05, 3.63) is 46.7 Å². The third-order valence-corrected chi connectivity index (χ3v) is 2.48. The maximum atomic E-state index is 7.30. The van der Waals surface area contributed by atoms with Crippen molar-refractivity contribution in [3.8, 4) is 11.8 Å². The molecule has 1 aromatic heterocycles. The number of aryl methyl sites for hydroxylation is 1. The van der Waals surface area contributed by atoms with Crippen molar-refractivity contribution in [3.63, 3.8) is 0 Å². The normalized spacial score (nSPS) is 10.1. The highest BCUT2D eigenvalue weighted by molar-refractivity contribution is 6.30. The van der Waals surface area contributed by atoms with E-state index in [-0.39, 0.29) is 11.8 Å². The third-order valence-electron chi connectivity index (χ3n) is 2.25. The zero-order valence-electron chi connectivity index (χ0n) is 9.64. The molecular weight excluding hydrogens is 252 g/mol. The summed E-state index contributed by atoms with van der Waals surface area (Å²) in [7, 11) is 0. The van der Waals surface area contributed by atoms with Crippen molar-refractivity contribution in [2.75, 3.05) is 0 Å². The van der Waals surface area contributed by atoms with Crippen LogP contribution in [0.3, 0.4) is 0 Å². The van der Waals surface area contributed by atoms with Crippen molar-refractivity contribution in [2.24, 2.45) is 5.73 Å². The number of nitrogens with two attached hydrogens (primary N) is 1. The number of aromatic nitrogens is 2. The van der Waals surface area contributed by atoms with E-state index in [1.165, 1.54) is 6.20 Å². The fourth-order valence-corrected chi connectivity index (χ4v) is 1.59. The minimum absolute atomic E-state index is 0.130. The molecule has 1 heterocycles. The number of benzene rings is 1. The summed E-state index contributed by atoms with van der Waals surface area (Å²) in [6, 6.07) is 6.93. The predicted octanol–water partition coefficient (Wildman–Crippen LogP) is 2.51. The van der Waals surface area contributed by atoms with Gasteiger partial charge in [-0.05, 0) is 36.8 Å². The maximum Gasteiger partial charge on any atom is 0.322 e. The molecule has 2 aromatic rings. The molecule has 0 aliphatic heterocycles. The van der Waals surface area contributed by atoms with Crippen LogP contribution in [-0.4, -0.2) is 15.8 Å². The van der Waals surface area contributed by atoms with Gasteiger partial charge in [0.2, 0.25) is 0 Å². The van der Waals surface area contributed by atoms with Gasteiger partial charge in [-0.25, -0.2) is 4.98 Å². The summed E-state index contributed by atoms with van der Waals surface area (Å²) < 4.78 is 5.52. The maximum absolute atomic E-state index is 7.30. The molecule has 0 amide bonds. The molecule has 18 heavy (non-hydrogen) atoms. The van der Waals surface area contributed by atoms with E-state index in [1.807, 2.05) is 6.92 Å². The van der Waals surface area contributed by atoms with Gasteiger partial charge in [0.25, 0.3) is 0 Å². The summed E-state index contributed by atoms with van der Waals surface area (Å²) in [5.41, 5.74) is 6.55. The smallest absolute Gasteiger partial charge is 0.322 e. The molecule has 0 spiro atoms. The van der Waals surface area contributed by atoms with Crippen LogP contribution in [0, 0.1) is 12.3 Å². The Morgan fingerprint density at radius 2 is 2.17 bits per heavy atom. The fraction of sp³-hybridized carbons (Fsp3) is 0.0833. The van der Waals surface area contributed by atoms with Crippen LogP contribution in [0.5, 0.6) is 11.8 Å². The Kier molecular flexibility index (Phi) is 3.43. The summed E-state index contributed by atoms with van der Waals surface area (Å²) >= 11 is 5.86. The van der Waals surface area contributed by atoms with Crippen molar-refractivity contribution >= 4 is 17.4 Å². The van der Waals surface area contributed by atoms with Crippen molar-refractivity contribution in [2.45, 2.75) is 6.92 Å². The topological polar surface area (TPSA) is 84.9 Å². The fourth-order valence-electron chi connectivity index (χ4n) is 1.37. The largest absolute Gasteiger partial charge is 0.424 e. The molecule has 2 rings (SSSR count). The second kappa shape index (κ2) is 5.01. The second-order valence-electron chi connectivity index (χ2n) is 3.65. The average Bonchev–Trinajstić information content (AvgIpc) is 2.33.